The number of nitrogens with one attached hydrogen (secondary N) is 1. The monoisotopic (exact) mass is 198 g/mol. The highest BCUT2D eigenvalue weighted by Gasteiger charge is 2.20. The maximum Gasteiger partial charge on any atom is 0.0165 e. The Labute approximate surface area is 88.6 Å². The largest absolute Gasteiger partial charge is 0.327 e. The lowest BCUT2D eigenvalue weighted by molar-refractivity contribution is 0.454. The van der Waals surface area contributed by atoms with Gasteiger partial charge in [0.05, 0.1) is 0 Å². The van der Waals surface area contributed by atoms with Crippen LogP contribution in [0.2, 0.25) is 0 Å². The Balaban J connectivity index is 2.02. The summed E-state index contributed by atoms with van der Waals surface area (Å²) < 4.78 is 0. The first-order valence-corrected chi connectivity index (χ1v) is 6.21. The molecule has 0 saturated heterocycles. The summed E-state index contributed by atoms with van der Waals surface area (Å²) in [6.07, 6.45) is 7.79. The predicted molar refractivity (Wildman–Crippen MR) is 62.3 cm³/mol. The minimum atomic E-state index is 0.367. The van der Waals surface area contributed by atoms with Crippen molar-refractivity contribution in [1.82, 2.24) is 5.32 Å². The molecule has 1 aliphatic rings. The first-order valence-electron chi connectivity index (χ1n) is 6.21. The lowest BCUT2D eigenvalue weighted by Crippen LogP contribution is -2.38. The van der Waals surface area contributed by atoms with Gasteiger partial charge in [0.1, 0.15) is 0 Å². The van der Waals surface area contributed by atoms with Crippen LogP contribution in [-0.2, 0) is 0 Å². The number of unbranched alkanes of at least 4 members (excludes halogenated alkanes) is 1. The summed E-state index contributed by atoms with van der Waals surface area (Å²) in [4.78, 5) is 0. The zero-order chi connectivity index (χ0) is 10.4. The Kier molecular flexibility index (Phi) is 5.49. The van der Waals surface area contributed by atoms with Crippen molar-refractivity contribution in [3.05, 3.63) is 0 Å². The van der Waals surface area contributed by atoms with Crippen LogP contribution in [0.1, 0.15) is 52.4 Å². The molecule has 0 radical (unpaired) electrons. The molecule has 3 N–H and O–H groups in total. The van der Waals surface area contributed by atoms with E-state index in [0.717, 1.165) is 18.5 Å². The molecule has 0 aromatic rings. The van der Waals surface area contributed by atoms with E-state index in [2.05, 4.69) is 19.2 Å². The zero-order valence-electron chi connectivity index (χ0n) is 9.76. The lowest BCUT2D eigenvalue weighted by atomic mass is 10.1. The Bertz CT molecular complexity index is 147. The molecule has 0 heterocycles. The van der Waals surface area contributed by atoms with E-state index in [1.165, 1.54) is 38.5 Å². The van der Waals surface area contributed by atoms with E-state index in [0.29, 0.717) is 6.04 Å². The highest BCUT2D eigenvalue weighted by Crippen LogP contribution is 2.24. The van der Waals surface area contributed by atoms with Gasteiger partial charge in [0, 0.05) is 18.6 Å². The SMILES string of the molecule is CCCCC(N)CNC1CCC(C)C1. The van der Waals surface area contributed by atoms with Crippen LogP contribution in [0.25, 0.3) is 0 Å². The van der Waals surface area contributed by atoms with E-state index < -0.39 is 0 Å². The summed E-state index contributed by atoms with van der Waals surface area (Å²) in [5.74, 6) is 0.916. The van der Waals surface area contributed by atoms with Gasteiger partial charge < -0.3 is 11.1 Å². The quantitative estimate of drug-likeness (QED) is 0.687. The van der Waals surface area contributed by atoms with Crippen molar-refractivity contribution in [3.63, 3.8) is 0 Å². The minimum Gasteiger partial charge on any atom is -0.327 e. The fourth-order valence-corrected chi connectivity index (χ4v) is 2.28. The average molecular weight is 198 g/mol. The first kappa shape index (κ1) is 12.0. The minimum absolute atomic E-state index is 0.367. The van der Waals surface area contributed by atoms with Crippen LogP contribution in [0.4, 0.5) is 0 Å². The van der Waals surface area contributed by atoms with Gasteiger partial charge in [-0.25, -0.2) is 0 Å². The molecule has 0 amide bonds. The molecule has 0 aromatic heterocycles. The molecular weight excluding hydrogens is 172 g/mol. The highest BCUT2D eigenvalue weighted by atomic mass is 14.9. The molecule has 1 fully saturated rings. The number of rotatable bonds is 6. The highest BCUT2D eigenvalue weighted by molar-refractivity contribution is 4.79. The van der Waals surface area contributed by atoms with Gasteiger partial charge in [-0.3, -0.25) is 0 Å². The summed E-state index contributed by atoms with van der Waals surface area (Å²) in [6, 6.07) is 1.11. The Morgan fingerprint density at radius 3 is 2.79 bits per heavy atom. The molecule has 1 rings (SSSR count). The first-order chi connectivity index (χ1) is 6.72. The summed E-state index contributed by atoms with van der Waals surface area (Å²) in [6.45, 7) is 5.58. The molecule has 3 unspecified atom stereocenters. The molecular formula is C12H26N2. The topological polar surface area (TPSA) is 38.0 Å². The van der Waals surface area contributed by atoms with Gasteiger partial charge >= 0.3 is 0 Å². The van der Waals surface area contributed by atoms with E-state index in [1.807, 2.05) is 0 Å². The third-order valence-corrected chi connectivity index (χ3v) is 3.29. The van der Waals surface area contributed by atoms with Crippen LogP contribution in [0.15, 0.2) is 0 Å². The molecule has 2 nitrogen and oxygen atoms in total. The molecule has 0 aromatic carbocycles. The van der Waals surface area contributed by atoms with Crippen molar-refractivity contribution in [2.24, 2.45) is 11.7 Å². The molecule has 1 aliphatic carbocycles. The third kappa shape index (κ3) is 4.43. The summed E-state index contributed by atoms with van der Waals surface area (Å²) in [5.41, 5.74) is 6.01. The van der Waals surface area contributed by atoms with Crippen molar-refractivity contribution >= 4 is 0 Å². The Morgan fingerprint density at radius 2 is 2.21 bits per heavy atom. The van der Waals surface area contributed by atoms with Crippen LogP contribution < -0.4 is 11.1 Å². The van der Waals surface area contributed by atoms with Crippen LogP contribution in [-0.4, -0.2) is 18.6 Å². The van der Waals surface area contributed by atoms with Gasteiger partial charge in [0.25, 0.3) is 0 Å². The second-order valence-corrected chi connectivity index (χ2v) is 4.93. The van der Waals surface area contributed by atoms with Gasteiger partial charge in [-0.2, -0.15) is 0 Å². The van der Waals surface area contributed by atoms with Crippen LogP contribution in [0, 0.1) is 5.92 Å². The molecule has 14 heavy (non-hydrogen) atoms. The molecule has 1 saturated carbocycles. The summed E-state index contributed by atoms with van der Waals surface area (Å²) in [7, 11) is 0. The van der Waals surface area contributed by atoms with Crippen molar-refractivity contribution < 1.29 is 0 Å². The second-order valence-electron chi connectivity index (χ2n) is 4.93. The van der Waals surface area contributed by atoms with Gasteiger partial charge in [-0.1, -0.05) is 26.7 Å². The van der Waals surface area contributed by atoms with E-state index in [-0.39, 0.29) is 0 Å². The summed E-state index contributed by atoms with van der Waals surface area (Å²) >= 11 is 0. The lowest BCUT2D eigenvalue weighted by Gasteiger charge is -2.16. The Hall–Kier alpha value is -0.0800. The molecule has 0 spiro atoms. The maximum atomic E-state index is 6.01. The third-order valence-electron chi connectivity index (χ3n) is 3.29. The zero-order valence-corrected chi connectivity index (χ0v) is 9.76. The van der Waals surface area contributed by atoms with Crippen molar-refractivity contribution in [1.29, 1.82) is 0 Å². The second kappa shape index (κ2) is 6.41. The molecule has 84 valence electrons. The maximum absolute atomic E-state index is 6.01. The fraction of sp³-hybridized carbons (Fsp3) is 1.00. The van der Waals surface area contributed by atoms with Gasteiger partial charge in [-0.15, -0.1) is 0 Å². The van der Waals surface area contributed by atoms with Crippen molar-refractivity contribution in [2.75, 3.05) is 6.54 Å². The molecule has 0 bridgehead atoms. The van der Waals surface area contributed by atoms with Crippen LogP contribution in [0.5, 0.6) is 0 Å². The number of nitrogens with two attached hydrogens (primary N) is 1. The predicted octanol–water partition coefficient (Wildman–Crippen LogP) is 2.28. The smallest absolute Gasteiger partial charge is 0.0165 e. The van der Waals surface area contributed by atoms with Gasteiger partial charge in [0.2, 0.25) is 0 Å². The summed E-state index contributed by atoms with van der Waals surface area (Å²) in [5, 5.41) is 3.60. The number of hydrogen-bond donors (Lipinski definition) is 2. The van der Waals surface area contributed by atoms with Gasteiger partial charge in [0.15, 0.2) is 0 Å². The fourth-order valence-electron chi connectivity index (χ4n) is 2.28. The van der Waals surface area contributed by atoms with Gasteiger partial charge in [-0.05, 0) is 31.6 Å². The van der Waals surface area contributed by atoms with Crippen molar-refractivity contribution in [3.8, 4) is 0 Å². The number of hydrogen-bond acceptors (Lipinski definition) is 2. The van der Waals surface area contributed by atoms with Crippen LogP contribution >= 0.6 is 0 Å². The van der Waals surface area contributed by atoms with E-state index >= 15 is 0 Å². The average Bonchev–Trinajstić information content (AvgIpc) is 2.58. The van der Waals surface area contributed by atoms with Crippen LogP contribution in [0.3, 0.4) is 0 Å². The molecule has 3 atom stereocenters. The van der Waals surface area contributed by atoms with E-state index in [4.69, 9.17) is 5.73 Å². The Morgan fingerprint density at radius 1 is 1.43 bits per heavy atom. The van der Waals surface area contributed by atoms with E-state index in [1.54, 1.807) is 0 Å². The standard InChI is InChI=1S/C12H26N2/c1-3-4-5-11(13)9-14-12-7-6-10(2)8-12/h10-12,14H,3-9,13H2,1-2H3. The molecule has 2 heteroatoms. The van der Waals surface area contributed by atoms with E-state index in [9.17, 15) is 0 Å². The van der Waals surface area contributed by atoms with Crippen molar-refractivity contribution in [2.45, 2.75) is 64.5 Å². The molecule has 0 aliphatic heterocycles. The normalized spacial score (nSPS) is 29.4.